The molecule has 2 aliphatic rings. The molecule has 0 aromatic carbocycles. The van der Waals surface area contributed by atoms with Crippen molar-refractivity contribution < 1.29 is 4.79 Å². The largest absolute Gasteiger partial charge is 0.333 e. The van der Waals surface area contributed by atoms with Gasteiger partial charge in [0.25, 0.3) is 0 Å². The number of urea groups is 1. The first-order valence-corrected chi connectivity index (χ1v) is 6.05. The third kappa shape index (κ3) is 2.62. The fraction of sp³-hybridized carbons (Fsp3) is 0.909. The highest BCUT2D eigenvalue weighted by Crippen LogP contribution is 2.14. The first-order valence-electron chi connectivity index (χ1n) is 6.05. The number of amides is 2. The van der Waals surface area contributed by atoms with Gasteiger partial charge < -0.3 is 15.5 Å². The van der Waals surface area contributed by atoms with E-state index in [1.54, 1.807) is 0 Å². The summed E-state index contributed by atoms with van der Waals surface area (Å²) in [6.07, 6.45) is 3.46. The van der Waals surface area contributed by atoms with Gasteiger partial charge in [0.2, 0.25) is 0 Å². The van der Waals surface area contributed by atoms with Crippen LogP contribution in [0.15, 0.2) is 0 Å². The van der Waals surface area contributed by atoms with Crippen LogP contribution in [-0.2, 0) is 0 Å². The first kappa shape index (κ1) is 10.7. The Labute approximate surface area is 91.4 Å². The highest BCUT2D eigenvalue weighted by molar-refractivity contribution is 5.76. The monoisotopic (exact) mass is 211 g/mol. The van der Waals surface area contributed by atoms with Crippen LogP contribution in [0, 0.1) is 5.92 Å². The van der Waals surface area contributed by atoms with E-state index in [1.807, 2.05) is 4.90 Å². The quantitative estimate of drug-likeness (QED) is 0.722. The van der Waals surface area contributed by atoms with Crippen molar-refractivity contribution in [1.82, 2.24) is 15.5 Å². The summed E-state index contributed by atoms with van der Waals surface area (Å²) in [4.78, 5) is 13.6. The van der Waals surface area contributed by atoms with Gasteiger partial charge in [-0.25, -0.2) is 4.79 Å². The Hall–Kier alpha value is -0.770. The van der Waals surface area contributed by atoms with E-state index >= 15 is 0 Å². The van der Waals surface area contributed by atoms with Crippen LogP contribution in [0.25, 0.3) is 0 Å². The molecular weight excluding hydrogens is 190 g/mol. The summed E-state index contributed by atoms with van der Waals surface area (Å²) in [6.45, 7) is 6.18. The molecule has 0 saturated carbocycles. The zero-order chi connectivity index (χ0) is 10.7. The zero-order valence-electron chi connectivity index (χ0n) is 9.46. The summed E-state index contributed by atoms with van der Waals surface area (Å²) >= 11 is 0. The van der Waals surface area contributed by atoms with Crippen LogP contribution < -0.4 is 10.6 Å². The average molecular weight is 211 g/mol. The summed E-state index contributed by atoms with van der Waals surface area (Å²) in [5, 5.41) is 6.38. The number of rotatable bonds is 4. The molecular formula is C11H21N3O. The molecule has 0 radical (unpaired) electrons. The van der Waals surface area contributed by atoms with Gasteiger partial charge in [0.05, 0.1) is 0 Å². The predicted molar refractivity (Wildman–Crippen MR) is 59.8 cm³/mol. The predicted octanol–water partition coefficient (Wildman–Crippen LogP) is 0.790. The van der Waals surface area contributed by atoms with Crippen LogP contribution in [0.3, 0.4) is 0 Å². The molecule has 4 nitrogen and oxygen atoms in total. The number of carbonyl (C=O) groups is 1. The van der Waals surface area contributed by atoms with Crippen LogP contribution in [-0.4, -0.2) is 43.2 Å². The molecule has 2 heterocycles. The molecule has 2 atom stereocenters. The molecule has 0 aromatic heterocycles. The lowest BCUT2D eigenvalue weighted by Gasteiger charge is -2.18. The molecule has 2 aliphatic heterocycles. The fourth-order valence-corrected chi connectivity index (χ4v) is 2.51. The van der Waals surface area contributed by atoms with Gasteiger partial charge in [-0.3, -0.25) is 0 Å². The minimum absolute atomic E-state index is 0.139. The third-order valence-electron chi connectivity index (χ3n) is 3.33. The molecule has 0 aliphatic carbocycles. The standard InChI is InChI=1S/C11H21N3O/c1-2-3-10-8-14(11(15)13-10)7-9-4-5-12-6-9/h9-10,12H,2-8H2,1H3,(H,13,15). The highest BCUT2D eigenvalue weighted by Gasteiger charge is 2.30. The Bertz CT molecular complexity index is 226. The van der Waals surface area contributed by atoms with E-state index in [-0.39, 0.29) is 6.03 Å². The van der Waals surface area contributed by atoms with Crippen LogP contribution in [0.2, 0.25) is 0 Å². The molecule has 2 fully saturated rings. The van der Waals surface area contributed by atoms with E-state index in [1.165, 1.54) is 6.42 Å². The van der Waals surface area contributed by atoms with Gasteiger partial charge in [0.1, 0.15) is 0 Å². The molecule has 4 heteroatoms. The smallest absolute Gasteiger partial charge is 0.317 e. The molecule has 2 N–H and O–H groups in total. The first-order chi connectivity index (χ1) is 7.29. The van der Waals surface area contributed by atoms with Crippen LogP contribution in [0.5, 0.6) is 0 Å². The van der Waals surface area contributed by atoms with Gasteiger partial charge in [0.15, 0.2) is 0 Å². The Morgan fingerprint density at radius 3 is 3.07 bits per heavy atom. The van der Waals surface area contributed by atoms with E-state index in [9.17, 15) is 4.79 Å². The summed E-state index contributed by atoms with van der Waals surface area (Å²) < 4.78 is 0. The lowest BCUT2D eigenvalue weighted by molar-refractivity contribution is 0.210. The molecule has 0 bridgehead atoms. The topological polar surface area (TPSA) is 44.4 Å². The Morgan fingerprint density at radius 2 is 2.40 bits per heavy atom. The van der Waals surface area contributed by atoms with Gasteiger partial charge in [-0.05, 0) is 31.8 Å². The summed E-state index contributed by atoms with van der Waals surface area (Å²) in [5.41, 5.74) is 0. The second-order valence-electron chi connectivity index (χ2n) is 4.70. The second-order valence-corrected chi connectivity index (χ2v) is 4.70. The van der Waals surface area contributed by atoms with Crippen molar-refractivity contribution in [2.75, 3.05) is 26.2 Å². The van der Waals surface area contributed by atoms with Crippen molar-refractivity contribution in [2.24, 2.45) is 5.92 Å². The Morgan fingerprint density at radius 1 is 1.53 bits per heavy atom. The summed E-state index contributed by atoms with van der Waals surface area (Å²) in [7, 11) is 0. The molecule has 15 heavy (non-hydrogen) atoms. The summed E-state index contributed by atoms with van der Waals surface area (Å²) in [6, 6.07) is 0.525. The molecule has 2 rings (SSSR count). The van der Waals surface area contributed by atoms with Crippen molar-refractivity contribution in [2.45, 2.75) is 32.2 Å². The number of hydrogen-bond donors (Lipinski definition) is 2. The maximum Gasteiger partial charge on any atom is 0.317 e. The normalized spacial score (nSPS) is 31.0. The fourth-order valence-electron chi connectivity index (χ4n) is 2.51. The minimum Gasteiger partial charge on any atom is -0.333 e. The van der Waals surface area contributed by atoms with Crippen LogP contribution in [0.1, 0.15) is 26.2 Å². The maximum atomic E-state index is 11.6. The zero-order valence-corrected chi connectivity index (χ0v) is 9.46. The number of nitrogens with zero attached hydrogens (tertiary/aromatic N) is 1. The van der Waals surface area contributed by atoms with Gasteiger partial charge in [-0.2, -0.15) is 0 Å². The van der Waals surface area contributed by atoms with Crippen LogP contribution >= 0.6 is 0 Å². The Kier molecular flexibility index (Phi) is 3.46. The van der Waals surface area contributed by atoms with E-state index in [0.29, 0.717) is 12.0 Å². The van der Waals surface area contributed by atoms with Crippen LogP contribution in [0.4, 0.5) is 4.79 Å². The van der Waals surface area contributed by atoms with Gasteiger partial charge >= 0.3 is 6.03 Å². The molecule has 0 spiro atoms. The van der Waals surface area contributed by atoms with Gasteiger partial charge in [0, 0.05) is 19.1 Å². The highest BCUT2D eigenvalue weighted by atomic mass is 16.2. The van der Waals surface area contributed by atoms with Crippen molar-refractivity contribution >= 4 is 6.03 Å². The molecule has 0 aromatic rings. The van der Waals surface area contributed by atoms with Crippen molar-refractivity contribution in [3.05, 3.63) is 0 Å². The van der Waals surface area contributed by atoms with Crippen molar-refractivity contribution in [3.63, 3.8) is 0 Å². The van der Waals surface area contributed by atoms with E-state index in [2.05, 4.69) is 17.6 Å². The van der Waals surface area contributed by atoms with Crippen molar-refractivity contribution in [1.29, 1.82) is 0 Å². The molecule has 2 amide bonds. The summed E-state index contributed by atoms with van der Waals surface area (Å²) in [5.74, 6) is 0.663. The average Bonchev–Trinajstić information content (AvgIpc) is 2.79. The van der Waals surface area contributed by atoms with E-state index < -0.39 is 0 Å². The molecule has 2 unspecified atom stereocenters. The van der Waals surface area contributed by atoms with E-state index in [0.717, 1.165) is 39.0 Å². The number of nitrogens with one attached hydrogen (secondary N) is 2. The molecule has 86 valence electrons. The Balaban J connectivity index is 1.79. The maximum absolute atomic E-state index is 11.6. The van der Waals surface area contributed by atoms with Gasteiger partial charge in [-0.1, -0.05) is 13.3 Å². The number of hydrogen-bond acceptors (Lipinski definition) is 2. The lowest BCUT2D eigenvalue weighted by atomic mass is 10.1. The van der Waals surface area contributed by atoms with Gasteiger partial charge in [-0.15, -0.1) is 0 Å². The minimum atomic E-state index is 0.139. The second kappa shape index (κ2) is 4.84. The SMILES string of the molecule is CCCC1CN(CC2CCNC2)C(=O)N1. The third-order valence-corrected chi connectivity index (χ3v) is 3.33. The van der Waals surface area contributed by atoms with Crippen molar-refractivity contribution in [3.8, 4) is 0 Å². The van der Waals surface area contributed by atoms with E-state index in [4.69, 9.17) is 0 Å². The molecule has 2 saturated heterocycles. The number of carbonyl (C=O) groups excluding carboxylic acids is 1. The lowest BCUT2D eigenvalue weighted by Crippen LogP contribution is -2.33.